The molecule has 4 heteroatoms. The van der Waals surface area contributed by atoms with Crippen LogP contribution in [0.5, 0.6) is 5.75 Å². The third-order valence-corrected chi connectivity index (χ3v) is 1.84. The van der Waals surface area contributed by atoms with Crippen molar-refractivity contribution in [3.8, 4) is 5.75 Å². The molecule has 0 saturated carbocycles. The lowest BCUT2D eigenvalue weighted by Gasteiger charge is -2.11. The van der Waals surface area contributed by atoms with Gasteiger partial charge in [-0.05, 0) is 31.5 Å². The van der Waals surface area contributed by atoms with Gasteiger partial charge < -0.3 is 15.6 Å². The van der Waals surface area contributed by atoms with Gasteiger partial charge in [-0.2, -0.15) is 0 Å². The minimum atomic E-state index is -1.25. The van der Waals surface area contributed by atoms with Crippen LogP contribution in [-0.2, 0) is 4.79 Å². The first-order valence-electron chi connectivity index (χ1n) is 4.74. The van der Waals surface area contributed by atoms with Gasteiger partial charge in [0.1, 0.15) is 5.75 Å². The van der Waals surface area contributed by atoms with Crippen molar-refractivity contribution in [1.82, 2.24) is 0 Å². The molecule has 0 spiro atoms. The third-order valence-electron chi connectivity index (χ3n) is 1.84. The molecule has 0 aromatic heterocycles. The van der Waals surface area contributed by atoms with Crippen LogP contribution in [0.25, 0.3) is 0 Å². The fraction of sp³-hybridized carbons (Fsp3) is 0.364. The predicted octanol–water partition coefficient (Wildman–Crippen LogP) is 0.993. The van der Waals surface area contributed by atoms with Gasteiger partial charge in [0.25, 0.3) is 5.91 Å². The van der Waals surface area contributed by atoms with Crippen LogP contribution in [0.15, 0.2) is 24.3 Å². The predicted molar refractivity (Wildman–Crippen MR) is 56.4 cm³/mol. The van der Waals surface area contributed by atoms with Crippen LogP contribution in [-0.4, -0.2) is 17.1 Å². The van der Waals surface area contributed by atoms with Crippen molar-refractivity contribution in [1.29, 1.82) is 0 Å². The van der Waals surface area contributed by atoms with E-state index in [2.05, 4.69) is 0 Å². The number of benzene rings is 1. The Morgan fingerprint density at radius 3 is 2.27 bits per heavy atom. The first-order valence-corrected chi connectivity index (χ1v) is 4.74. The Morgan fingerprint density at radius 2 is 1.87 bits per heavy atom. The van der Waals surface area contributed by atoms with E-state index in [0.29, 0.717) is 11.3 Å². The van der Waals surface area contributed by atoms with Crippen LogP contribution in [0, 0.1) is 0 Å². The second-order valence-corrected chi connectivity index (χ2v) is 3.54. The molecule has 0 radical (unpaired) electrons. The lowest BCUT2D eigenvalue weighted by Crippen LogP contribution is -2.20. The first kappa shape index (κ1) is 11.5. The largest absolute Gasteiger partial charge is 0.491 e. The first-order chi connectivity index (χ1) is 7.00. The zero-order valence-corrected chi connectivity index (χ0v) is 8.81. The van der Waals surface area contributed by atoms with Gasteiger partial charge >= 0.3 is 0 Å². The van der Waals surface area contributed by atoms with Crippen molar-refractivity contribution in [2.45, 2.75) is 26.1 Å². The van der Waals surface area contributed by atoms with Crippen LogP contribution < -0.4 is 10.5 Å². The van der Waals surface area contributed by atoms with Crippen molar-refractivity contribution in [2.24, 2.45) is 5.73 Å². The molecule has 0 aliphatic carbocycles. The lowest BCUT2D eigenvalue weighted by atomic mass is 10.1. The highest BCUT2D eigenvalue weighted by Gasteiger charge is 2.13. The molecule has 1 unspecified atom stereocenters. The van der Waals surface area contributed by atoms with Crippen molar-refractivity contribution in [3.05, 3.63) is 29.8 Å². The average molecular weight is 209 g/mol. The van der Waals surface area contributed by atoms with E-state index in [4.69, 9.17) is 10.5 Å². The Hall–Kier alpha value is -1.55. The molecule has 0 aliphatic rings. The highest BCUT2D eigenvalue weighted by molar-refractivity contribution is 5.80. The van der Waals surface area contributed by atoms with Gasteiger partial charge in [-0.3, -0.25) is 4.79 Å². The second kappa shape index (κ2) is 4.79. The van der Waals surface area contributed by atoms with Crippen molar-refractivity contribution >= 4 is 5.91 Å². The molecule has 4 nitrogen and oxygen atoms in total. The number of primary amides is 1. The lowest BCUT2D eigenvalue weighted by molar-refractivity contribution is -0.126. The zero-order valence-electron chi connectivity index (χ0n) is 8.81. The summed E-state index contributed by atoms with van der Waals surface area (Å²) < 4.78 is 5.41. The van der Waals surface area contributed by atoms with E-state index in [1.54, 1.807) is 24.3 Å². The molecule has 0 fully saturated rings. The van der Waals surface area contributed by atoms with Crippen LogP contribution in [0.1, 0.15) is 25.5 Å². The van der Waals surface area contributed by atoms with Crippen molar-refractivity contribution < 1.29 is 14.6 Å². The number of carbonyl (C=O) groups is 1. The van der Waals surface area contributed by atoms with Crippen LogP contribution in [0.4, 0.5) is 0 Å². The zero-order chi connectivity index (χ0) is 11.4. The monoisotopic (exact) mass is 209 g/mol. The quantitative estimate of drug-likeness (QED) is 0.776. The molecule has 0 heterocycles. The summed E-state index contributed by atoms with van der Waals surface area (Å²) in [5.41, 5.74) is 5.44. The van der Waals surface area contributed by atoms with Crippen LogP contribution in [0.2, 0.25) is 0 Å². The number of ether oxygens (including phenoxy) is 1. The van der Waals surface area contributed by atoms with Gasteiger partial charge in [-0.25, -0.2) is 0 Å². The van der Waals surface area contributed by atoms with Crippen molar-refractivity contribution in [2.75, 3.05) is 0 Å². The number of hydrogen-bond acceptors (Lipinski definition) is 3. The minimum absolute atomic E-state index is 0.0944. The van der Waals surface area contributed by atoms with E-state index in [1.165, 1.54) is 0 Å². The highest BCUT2D eigenvalue weighted by atomic mass is 16.5. The summed E-state index contributed by atoms with van der Waals surface area (Å²) in [7, 11) is 0. The Bertz CT molecular complexity index is 332. The molecule has 1 aromatic rings. The highest BCUT2D eigenvalue weighted by Crippen LogP contribution is 2.18. The molecule has 3 N–H and O–H groups in total. The van der Waals surface area contributed by atoms with Gasteiger partial charge in [-0.1, -0.05) is 12.1 Å². The average Bonchev–Trinajstić information content (AvgIpc) is 2.17. The molecule has 1 atom stereocenters. The fourth-order valence-corrected chi connectivity index (χ4v) is 1.17. The molecular weight excluding hydrogens is 194 g/mol. The molecule has 1 rings (SSSR count). The number of hydrogen-bond donors (Lipinski definition) is 2. The summed E-state index contributed by atoms with van der Waals surface area (Å²) in [4.78, 5) is 10.7. The minimum Gasteiger partial charge on any atom is -0.491 e. The second-order valence-electron chi connectivity index (χ2n) is 3.54. The summed E-state index contributed by atoms with van der Waals surface area (Å²) >= 11 is 0. The van der Waals surface area contributed by atoms with Crippen molar-refractivity contribution in [3.63, 3.8) is 0 Å². The Balaban J connectivity index is 2.76. The van der Waals surface area contributed by atoms with E-state index in [-0.39, 0.29) is 6.10 Å². The van der Waals surface area contributed by atoms with Gasteiger partial charge in [-0.15, -0.1) is 0 Å². The molecule has 1 aromatic carbocycles. The number of rotatable bonds is 4. The van der Waals surface area contributed by atoms with Gasteiger partial charge in [0, 0.05) is 0 Å². The Morgan fingerprint density at radius 1 is 1.33 bits per heavy atom. The van der Waals surface area contributed by atoms with Gasteiger partial charge in [0.2, 0.25) is 0 Å². The van der Waals surface area contributed by atoms with E-state index in [0.717, 1.165) is 0 Å². The molecule has 0 bridgehead atoms. The molecule has 1 amide bonds. The summed E-state index contributed by atoms with van der Waals surface area (Å²) in [5.74, 6) is -0.0575. The summed E-state index contributed by atoms with van der Waals surface area (Å²) in [6, 6.07) is 6.63. The number of aliphatic hydroxyl groups excluding tert-OH is 1. The topological polar surface area (TPSA) is 72.6 Å². The summed E-state index contributed by atoms with van der Waals surface area (Å²) in [6.45, 7) is 3.85. The molecular formula is C11H15NO3. The Kier molecular flexibility index (Phi) is 3.68. The summed E-state index contributed by atoms with van der Waals surface area (Å²) in [5, 5.41) is 9.36. The van der Waals surface area contributed by atoms with E-state index < -0.39 is 12.0 Å². The number of nitrogens with two attached hydrogens (primary N) is 1. The van der Waals surface area contributed by atoms with Gasteiger partial charge in [0.15, 0.2) is 6.10 Å². The van der Waals surface area contributed by atoms with E-state index in [9.17, 15) is 9.90 Å². The number of aliphatic hydroxyl groups is 1. The molecule has 15 heavy (non-hydrogen) atoms. The smallest absolute Gasteiger partial charge is 0.250 e. The third kappa shape index (κ3) is 3.25. The number of carbonyl (C=O) groups excluding carboxylic acids is 1. The standard InChI is InChI=1S/C11H15NO3/c1-7(2)15-9-5-3-8(4-6-9)10(13)11(12)14/h3-7,10,13H,1-2H3,(H2,12,14). The maximum absolute atomic E-state index is 10.7. The Labute approximate surface area is 88.7 Å². The maximum Gasteiger partial charge on any atom is 0.250 e. The molecule has 82 valence electrons. The van der Waals surface area contributed by atoms with Crippen LogP contribution >= 0.6 is 0 Å². The SMILES string of the molecule is CC(C)Oc1ccc(C(O)C(N)=O)cc1. The van der Waals surface area contributed by atoms with E-state index in [1.807, 2.05) is 13.8 Å². The maximum atomic E-state index is 10.7. The van der Waals surface area contributed by atoms with E-state index >= 15 is 0 Å². The molecule has 0 aliphatic heterocycles. The van der Waals surface area contributed by atoms with Crippen LogP contribution in [0.3, 0.4) is 0 Å². The summed E-state index contributed by atoms with van der Waals surface area (Å²) in [6.07, 6.45) is -1.16. The molecule has 0 saturated heterocycles. The number of amides is 1. The normalized spacial score (nSPS) is 12.5. The van der Waals surface area contributed by atoms with Gasteiger partial charge in [0.05, 0.1) is 6.10 Å². The fourth-order valence-electron chi connectivity index (χ4n) is 1.17.